The molecule has 1 saturated heterocycles. The maximum absolute atomic E-state index is 12.9. The Labute approximate surface area is 162 Å². The quantitative estimate of drug-likeness (QED) is 0.807. The van der Waals surface area contributed by atoms with Gasteiger partial charge in [-0.25, -0.2) is 18.7 Å². The van der Waals surface area contributed by atoms with Gasteiger partial charge in [0.25, 0.3) is 6.43 Å². The molecule has 1 fully saturated rings. The average Bonchev–Trinajstić information content (AvgIpc) is 2.74. The summed E-state index contributed by atoms with van der Waals surface area (Å²) in [5.74, 6) is 0.629. The van der Waals surface area contributed by atoms with E-state index in [2.05, 4.69) is 20.9 Å². The van der Waals surface area contributed by atoms with Crippen molar-refractivity contribution in [2.75, 3.05) is 49.1 Å². The number of hydrogen-bond donors (Lipinski definition) is 0. The highest BCUT2D eigenvalue weighted by Gasteiger charge is 2.26. The fourth-order valence-electron chi connectivity index (χ4n) is 3.86. The first-order valence-electron chi connectivity index (χ1n) is 9.57. The van der Waals surface area contributed by atoms with Crippen LogP contribution in [0.1, 0.15) is 24.1 Å². The molecular weight excluding hydrogens is 364 g/mol. The van der Waals surface area contributed by atoms with Crippen LogP contribution in [0.3, 0.4) is 0 Å². The molecule has 0 radical (unpaired) electrons. The predicted octanol–water partition coefficient (Wildman–Crippen LogP) is 2.52. The zero-order valence-corrected chi connectivity index (χ0v) is 15.6. The number of fused-ring (bicyclic) bond motifs is 1. The van der Waals surface area contributed by atoms with Crippen LogP contribution in [0, 0.1) is 0 Å². The van der Waals surface area contributed by atoms with E-state index in [-0.39, 0.29) is 11.6 Å². The number of para-hydroxylation sites is 1. The molecular formula is C20H23F2N5O. The summed E-state index contributed by atoms with van der Waals surface area (Å²) in [4.78, 5) is 26.6. The topological polar surface area (TPSA) is 52.6 Å². The van der Waals surface area contributed by atoms with Crippen LogP contribution < -0.4 is 9.80 Å². The number of carbonyl (C=O) groups excluding carboxylic acids is 1. The first kappa shape index (κ1) is 18.7. The number of halogens is 2. The van der Waals surface area contributed by atoms with Crippen molar-refractivity contribution in [3.8, 4) is 0 Å². The lowest BCUT2D eigenvalue weighted by molar-refractivity contribution is -0.119. The lowest BCUT2D eigenvalue weighted by Crippen LogP contribution is -2.51. The monoisotopic (exact) mass is 387 g/mol. The number of amides is 1. The molecule has 1 aromatic heterocycles. The molecule has 0 atom stereocenters. The second-order valence-corrected chi connectivity index (χ2v) is 7.14. The van der Waals surface area contributed by atoms with E-state index in [1.807, 2.05) is 28.0 Å². The summed E-state index contributed by atoms with van der Waals surface area (Å²) >= 11 is 0. The van der Waals surface area contributed by atoms with Gasteiger partial charge < -0.3 is 9.80 Å². The molecule has 0 spiro atoms. The number of aryl methyl sites for hydroxylation is 1. The van der Waals surface area contributed by atoms with Crippen LogP contribution in [0.15, 0.2) is 36.7 Å². The highest BCUT2D eigenvalue weighted by atomic mass is 19.3. The Morgan fingerprint density at radius 1 is 1.07 bits per heavy atom. The molecule has 0 N–H and O–H groups in total. The largest absolute Gasteiger partial charge is 0.354 e. The van der Waals surface area contributed by atoms with Crippen LogP contribution >= 0.6 is 0 Å². The van der Waals surface area contributed by atoms with E-state index in [1.165, 1.54) is 18.0 Å². The van der Waals surface area contributed by atoms with Crippen molar-refractivity contribution in [2.45, 2.75) is 19.3 Å². The standard InChI is InChI=1S/C20H23F2N5O/c21-20(22)16-12-18(24-14-23-16)26-10-8-25(9-11-26)13-19(28)27-7-3-5-15-4-1-2-6-17(15)27/h1-2,4,6,12,14,20H,3,5,7-11,13H2. The summed E-state index contributed by atoms with van der Waals surface area (Å²) in [6.45, 7) is 3.79. The van der Waals surface area contributed by atoms with Crippen LogP contribution in [0.2, 0.25) is 0 Å². The third-order valence-corrected chi connectivity index (χ3v) is 5.36. The molecule has 2 aromatic rings. The van der Waals surface area contributed by atoms with Crippen LogP contribution in [0.25, 0.3) is 0 Å². The summed E-state index contributed by atoms with van der Waals surface area (Å²) < 4.78 is 25.7. The van der Waals surface area contributed by atoms with Gasteiger partial charge in [-0.05, 0) is 24.5 Å². The van der Waals surface area contributed by atoms with Gasteiger partial charge in [-0.15, -0.1) is 0 Å². The highest BCUT2D eigenvalue weighted by Crippen LogP contribution is 2.27. The average molecular weight is 387 g/mol. The van der Waals surface area contributed by atoms with E-state index >= 15 is 0 Å². The third-order valence-electron chi connectivity index (χ3n) is 5.36. The SMILES string of the molecule is O=C(CN1CCN(c2cc(C(F)F)ncn2)CC1)N1CCCc2ccccc21. The molecule has 148 valence electrons. The smallest absolute Gasteiger partial charge is 0.280 e. The fraction of sp³-hybridized carbons (Fsp3) is 0.450. The van der Waals surface area contributed by atoms with Gasteiger partial charge in [0.1, 0.15) is 17.8 Å². The van der Waals surface area contributed by atoms with E-state index < -0.39 is 6.43 Å². The van der Waals surface area contributed by atoms with Crippen LogP contribution in [-0.2, 0) is 11.2 Å². The van der Waals surface area contributed by atoms with Gasteiger partial charge in [0, 0.05) is 44.5 Å². The molecule has 0 bridgehead atoms. The number of benzene rings is 1. The van der Waals surface area contributed by atoms with Crippen LogP contribution in [0.5, 0.6) is 0 Å². The minimum Gasteiger partial charge on any atom is -0.354 e. The molecule has 28 heavy (non-hydrogen) atoms. The van der Waals surface area contributed by atoms with Gasteiger partial charge >= 0.3 is 0 Å². The van der Waals surface area contributed by atoms with Crippen molar-refractivity contribution in [3.63, 3.8) is 0 Å². The Morgan fingerprint density at radius 2 is 1.86 bits per heavy atom. The number of piperazine rings is 1. The number of alkyl halides is 2. The first-order valence-corrected chi connectivity index (χ1v) is 9.57. The lowest BCUT2D eigenvalue weighted by Gasteiger charge is -2.37. The third kappa shape index (κ3) is 3.96. The molecule has 1 aromatic carbocycles. The molecule has 1 amide bonds. The lowest BCUT2D eigenvalue weighted by atomic mass is 10.0. The number of rotatable bonds is 4. The summed E-state index contributed by atoms with van der Waals surface area (Å²) in [5.41, 5.74) is 2.00. The number of hydrogen-bond acceptors (Lipinski definition) is 5. The van der Waals surface area contributed by atoms with Gasteiger partial charge in [0.2, 0.25) is 5.91 Å². The van der Waals surface area contributed by atoms with E-state index in [4.69, 9.17) is 0 Å². The number of anilines is 2. The van der Waals surface area contributed by atoms with Crippen LogP contribution in [-0.4, -0.2) is 60.0 Å². The second-order valence-electron chi connectivity index (χ2n) is 7.14. The Hall–Kier alpha value is -2.61. The van der Waals surface area contributed by atoms with Crippen LogP contribution in [0.4, 0.5) is 20.3 Å². The second kappa shape index (κ2) is 8.18. The predicted molar refractivity (Wildman–Crippen MR) is 103 cm³/mol. The maximum atomic E-state index is 12.9. The first-order chi connectivity index (χ1) is 13.6. The molecule has 0 unspecified atom stereocenters. The molecule has 2 aliphatic rings. The maximum Gasteiger partial charge on any atom is 0.280 e. The molecule has 2 aliphatic heterocycles. The Kier molecular flexibility index (Phi) is 5.47. The Bertz CT molecular complexity index is 839. The number of carbonyl (C=O) groups is 1. The van der Waals surface area contributed by atoms with Crippen molar-refractivity contribution >= 4 is 17.4 Å². The van der Waals surface area contributed by atoms with Crippen molar-refractivity contribution in [3.05, 3.63) is 47.9 Å². The summed E-state index contributed by atoms with van der Waals surface area (Å²) in [5, 5.41) is 0. The van der Waals surface area contributed by atoms with Gasteiger partial charge in [0.05, 0.1) is 6.54 Å². The molecule has 3 heterocycles. The van der Waals surface area contributed by atoms with Gasteiger partial charge in [-0.3, -0.25) is 9.69 Å². The van der Waals surface area contributed by atoms with E-state index in [9.17, 15) is 13.6 Å². The minimum atomic E-state index is -2.60. The summed E-state index contributed by atoms with van der Waals surface area (Å²) in [6, 6.07) is 9.43. The highest BCUT2D eigenvalue weighted by molar-refractivity contribution is 5.96. The van der Waals surface area contributed by atoms with E-state index in [0.29, 0.717) is 38.5 Å². The van der Waals surface area contributed by atoms with Crippen molar-refractivity contribution in [2.24, 2.45) is 0 Å². The number of aromatic nitrogens is 2. The summed E-state index contributed by atoms with van der Waals surface area (Å²) in [7, 11) is 0. The van der Waals surface area contributed by atoms with Gasteiger partial charge in [-0.2, -0.15) is 0 Å². The zero-order valence-electron chi connectivity index (χ0n) is 15.6. The Balaban J connectivity index is 1.35. The van der Waals surface area contributed by atoms with Crippen molar-refractivity contribution in [1.82, 2.24) is 14.9 Å². The van der Waals surface area contributed by atoms with E-state index in [1.54, 1.807) is 0 Å². The molecule has 0 aliphatic carbocycles. The summed E-state index contributed by atoms with van der Waals surface area (Å²) in [6.07, 6.45) is 0.572. The molecule has 0 saturated carbocycles. The van der Waals surface area contributed by atoms with Crippen molar-refractivity contribution in [1.29, 1.82) is 0 Å². The van der Waals surface area contributed by atoms with Gasteiger partial charge in [0.15, 0.2) is 0 Å². The number of nitrogens with zero attached hydrogens (tertiary/aromatic N) is 5. The minimum absolute atomic E-state index is 0.114. The zero-order chi connectivity index (χ0) is 19.5. The normalized spacial score (nSPS) is 17.7. The molecule has 8 heteroatoms. The molecule has 4 rings (SSSR count). The van der Waals surface area contributed by atoms with E-state index in [0.717, 1.165) is 25.1 Å². The molecule has 6 nitrogen and oxygen atoms in total. The van der Waals surface area contributed by atoms with Gasteiger partial charge in [-0.1, -0.05) is 18.2 Å². The Morgan fingerprint density at radius 3 is 2.64 bits per heavy atom. The van der Waals surface area contributed by atoms with Crippen molar-refractivity contribution < 1.29 is 13.6 Å². The fourth-order valence-corrected chi connectivity index (χ4v) is 3.86.